The maximum absolute atomic E-state index is 5.44. The van der Waals surface area contributed by atoms with Crippen molar-refractivity contribution in [1.82, 2.24) is 0 Å². The van der Waals surface area contributed by atoms with Crippen LogP contribution in [0.4, 0.5) is 0 Å². The van der Waals surface area contributed by atoms with Crippen molar-refractivity contribution in [2.75, 3.05) is 20.3 Å². The summed E-state index contributed by atoms with van der Waals surface area (Å²) in [5, 5.41) is 0. The zero-order valence-electron chi connectivity index (χ0n) is 9.94. The van der Waals surface area contributed by atoms with E-state index in [0.717, 1.165) is 24.3 Å². The number of ether oxygens (including phenoxy) is 3. The Morgan fingerprint density at radius 2 is 2.06 bits per heavy atom. The first-order valence-corrected chi connectivity index (χ1v) is 5.66. The second kappa shape index (κ2) is 6.29. The molecule has 3 nitrogen and oxygen atoms in total. The zero-order valence-corrected chi connectivity index (χ0v) is 9.94. The molecule has 1 heterocycles. The van der Waals surface area contributed by atoms with Crippen LogP contribution in [-0.2, 0) is 16.1 Å². The molecule has 1 aromatic rings. The van der Waals surface area contributed by atoms with Gasteiger partial charge in [0, 0.05) is 6.42 Å². The summed E-state index contributed by atoms with van der Waals surface area (Å²) in [5.41, 5.74) is 1.12. The molecule has 0 aliphatic carbocycles. The van der Waals surface area contributed by atoms with E-state index < -0.39 is 0 Å². The van der Waals surface area contributed by atoms with Crippen LogP contribution in [0.25, 0.3) is 0 Å². The van der Waals surface area contributed by atoms with Crippen LogP contribution in [0.2, 0.25) is 0 Å². The van der Waals surface area contributed by atoms with E-state index in [1.807, 2.05) is 24.3 Å². The molecule has 0 aromatic heterocycles. The van der Waals surface area contributed by atoms with Crippen LogP contribution in [0.1, 0.15) is 12.0 Å². The van der Waals surface area contributed by atoms with Crippen LogP contribution in [0, 0.1) is 11.8 Å². The lowest BCUT2D eigenvalue weighted by molar-refractivity contribution is 0.153. The SMILES string of the molecule is COc1ccc(COCC#CC[C@@H]2CO2)cc1. The van der Waals surface area contributed by atoms with Gasteiger partial charge in [-0.25, -0.2) is 0 Å². The Morgan fingerprint density at radius 3 is 2.71 bits per heavy atom. The molecule has 3 heteroatoms. The Kier molecular flexibility index (Phi) is 4.43. The van der Waals surface area contributed by atoms with Crippen LogP contribution < -0.4 is 4.74 Å². The minimum atomic E-state index is 0.379. The summed E-state index contributed by atoms with van der Waals surface area (Å²) in [4.78, 5) is 0. The second-order valence-corrected chi connectivity index (χ2v) is 3.85. The molecule has 0 radical (unpaired) electrons. The highest BCUT2D eigenvalue weighted by atomic mass is 16.6. The summed E-state index contributed by atoms with van der Waals surface area (Å²) >= 11 is 0. The standard InChI is InChI=1S/C14H16O3/c1-15-13-7-5-12(6-8-13)10-16-9-3-2-4-14-11-17-14/h5-8,14H,4,9-11H2,1H3/t14-/m1/s1. The van der Waals surface area contributed by atoms with Crippen molar-refractivity contribution in [3.8, 4) is 17.6 Å². The van der Waals surface area contributed by atoms with Gasteiger partial charge in [0.15, 0.2) is 0 Å². The smallest absolute Gasteiger partial charge is 0.118 e. The quantitative estimate of drug-likeness (QED) is 0.442. The molecule has 0 bridgehead atoms. The fourth-order valence-corrected chi connectivity index (χ4v) is 1.36. The van der Waals surface area contributed by atoms with Gasteiger partial charge in [-0.05, 0) is 17.7 Å². The molecule has 0 amide bonds. The summed E-state index contributed by atoms with van der Waals surface area (Å²) in [6, 6.07) is 7.83. The first-order valence-electron chi connectivity index (χ1n) is 5.66. The number of hydrogen-bond acceptors (Lipinski definition) is 3. The highest BCUT2D eigenvalue weighted by Crippen LogP contribution is 2.12. The molecule has 17 heavy (non-hydrogen) atoms. The molecule has 1 atom stereocenters. The lowest BCUT2D eigenvalue weighted by atomic mass is 10.2. The first-order chi connectivity index (χ1) is 8.38. The first kappa shape index (κ1) is 12.0. The van der Waals surface area contributed by atoms with Gasteiger partial charge in [0.05, 0.1) is 26.4 Å². The Labute approximate surface area is 102 Å². The summed E-state index contributed by atoms with van der Waals surface area (Å²) in [5.74, 6) is 6.86. The van der Waals surface area contributed by atoms with Gasteiger partial charge < -0.3 is 14.2 Å². The van der Waals surface area contributed by atoms with Gasteiger partial charge in [0.25, 0.3) is 0 Å². The Hall–Kier alpha value is -1.50. The van der Waals surface area contributed by atoms with Crippen LogP contribution >= 0.6 is 0 Å². The van der Waals surface area contributed by atoms with Crippen LogP contribution in [0.5, 0.6) is 5.75 Å². The molecule has 1 aliphatic rings. The van der Waals surface area contributed by atoms with Gasteiger partial charge in [0.1, 0.15) is 12.4 Å². The van der Waals surface area contributed by atoms with E-state index in [9.17, 15) is 0 Å². The molecule has 0 N–H and O–H groups in total. The van der Waals surface area contributed by atoms with Crippen LogP contribution in [0.15, 0.2) is 24.3 Å². The van der Waals surface area contributed by atoms with Crippen molar-refractivity contribution in [2.24, 2.45) is 0 Å². The molecule has 0 spiro atoms. The molecular weight excluding hydrogens is 216 g/mol. The van der Waals surface area contributed by atoms with Gasteiger partial charge in [-0.3, -0.25) is 0 Å². The summed E-state index contributed by atoms with van der Waals surface area (Å²) in [7, 11) is 1.66. The van der Waals surface area contributed by atoms with E-state index in [1.165, 1.54) is 0 Å². The number of rotatable bonds is 5. The molecule has 2 rings (SSSR count). The molecule has 1 aliphatic heterocycles. The summed E-state index contributed by atoms with van der Waals surface area (Å²) in [6.07, 6.45) is 1.20. The van der Waals surface area contributed by atoms with Gasteiger partial charge >= 0.3 is 0 Å². The molecule has 0 saturated carbocycles. The monoisotopic (exact) mass is 232 g/mol. The van der Waals surface area contributed by atoms with E-state index in [0.29, 0.717) is 19.3 Å². The van der Waals surface area contributed by atoms with Crippen molar-refractivity contribution in [1.29, 1.82) is 0 Å². The van der Waals surface area contributed by atoms with Gasteiger partial charge in [-0.2, -0.15) is 0 Å². The molecule has 90 valence electrons. The normalized spacial score (nSPS) is 17.1. The minimum absolute atomic E-state index is 0.379. The number of methoxy groups -OCH3 is 1. The largest absolute Gasteiger partial charge is 0.497 e. The Morgan fingerprint density at radius 1 is 1.29 bits per heavy atom. The Bertz CT molecular complexity index is 396. The Balaban J connectivity index is 1.64. The molecule has 1 fully saturated rings. The van der Waals surface area contributed by atoms with Crippen LogP contribution in [0.3, 0.4) is 0 Å². The highest BCUT2D eigenvalue weighted by molar-refractivity contribution is 5.26. The van der Waals surface area contributed by atoms with Crippen LogP contribution in [-0.4, -0.2) is 26.4 Å². The summed E-state index contributed by atoms with van der Waals surface area (Å²) in [6.45, 7) is 1.92. The van der Waals surface area contributed by atoms with Gasteiger partial charge in [-0.1, -0.05) is 24.0 Å². The van der Waals surface area contributed by atoms with E-state index in [2.05, 4.69) is 11.8 Å². The topological polar surface area (TPSA) is 31.0 Å². The average molecular weight is 232 g/mol. The highest BCUT2D eigenvalue weighted by Gasteiger charge is 2.20. The molecule has 1 saturated heterocycles. The van der Waals surface area contributed by atoms with E-state index in [-0.39, 0.29) is 0 Å². The maximum Gasteiger partial charge on any atom is 0.118 e. The zero-order chi connectivity index (χ0) is 11.9. The fourth-order valence-electron chi connectivity index (χ4n) is 1.36. The van der Waals surface area contributed by atoms with Crippen molar-refractivity contribution in [3.63, 3.8) is 0 Å². The second-order valence-electron chi connectivity index (χ2n) is 3.85. The van der Waals surface area contributed by atoms with E-state index in [4.69, 9.17) is 14.2 Å². The molecule has 1 aromatic carbocycles. The third-order valence-corrected chi connectivity index (χ3v) is 2.46. The number of epoxide rings is 1. The van der Waals surface area contributed by atoms with Crippen molar-refractivity contribution < 1.29 is 14.2 Å². The number of hydrogen-bond donors (Lipinski definition) is 0. The van der Waals surface area contributed by atoms with Gasteiger partial charge in [-0.15, -0.1) is 0 Å². The third kappa shape index (κ3) is 4.48. The number of benzene rings is 1. The molecule has 0 unspecified atom stereocenters. The fraction of sp³-hybridized carbons (Fsp3) is 0.429. The lowest BCUT2D eigenvalue weighted by Crippen LogP contribution is -1.93. The average Bonchev–Trinajstić information content (AvgIpc) is 3.18. The minimum Gasteiger partial charge on any atom is -0.497 e. The van der Waals surface area contributed by atoms with E-state index >= 15 is 0 Å². The van der Waals surface area contributed by atoms with Crippen molar-refractivity contribution in [2.45, 2.75) is 19.1 Å². The van der Waals surface area contributed by atoms with Crippen molar-refractivity contribution >= 4 is 0 Å². The molecular formula is C14H16O3. The summed E-state index contributed by atoms with van der Waals surface area (Å²) < 4.78 is 15.6. The predicted molar refractivity (Wildman–Crippen MR) is 64.8 cm³/mol. The van der Waals surface area contributed by atoms with E-state index in [1.54, 1.807) is 7.11 Å². The predicted octanol–water partition coefficient (Wildman–Crippen LogP) is 2.00. The third-order valence-electron chi connectivity index (χ3n) is 2.46. The lowest BCUT2D eigenvalue weighted by Gasteiger charge is -2.02. The van der Waals surface area contributed by atoms with Crippen molar-refractivity contribution in [3.05, 3.63) is 29.8 Å². The van der Waals surface area contributed by atoms with Gasteiger partial charge in [0.2, 0.25) is 0 Å². The maximum atomic E-state index is 5.44.